The zero-order chi connectivity index (χ0) is 24.9. The molecule has 9 heteroatoms. The van der Waals surface area contributed by atoms with Gasteiger partial charge in [-0.2, -0.15) is 0 Å². The fourth-order valence-corrected chi connectivity index (χ4v) is 4.45. The van der Waals surface area contributed by atoms with Gasteiger partial charge in [0, 0.05) is 42.3 Å². The average molecular weight is 477 g/mol. The molecule has 3 amide bonds. The van der Waals surface area contributed by atoms with Crippen molar-refractivity contribution < 1.29 is 24.3 Å². The summed E-state index contributed by atoms with van der Waals surface area (Å²) < 4.78 is 5.97. The smallest absolute Gasteiger partial charge is 0.249 e. The van der Waals surface area contributed by atoms with Gasteiger partial charge in [-0.25, -0.2) is 5.48 Å². The lowest BCUT2D eigenvalue weighted by atomic mass is 9.84. The molecule has 3 aromatic rings. The highest BCUT2D eigenvalue weighted by atomic mass is 16.5. The van der Waals surface area contributed by atoms with E-state index in [9.17, 15) is 14.4 Å². The lowest BCUT2D eigenvalue weighted by molar-refractivity contribution is -0.145. The number of ether oxygens (including phenoxy) is 1. The van der Waals surface area contributed by atoms with Crippen molar-refractivity contribution in [2.45, 2.75) is 26.9 Å². The molecular weight excluding hydrogens is 448 g/mol. The van der Waals surface area contributed by atoms with Crippen LogP contribution in [0.4, 0.5) is 5.69 Å². The van der Waals surface area contributed by atoms with Crippen molar-refractivity contribution in [3.05, 3.63) is 65.9 Å². The highest BCUT2D eigenvalue weighted by Gasteiger charge is 2.39. The minimum absolute atomic E-state index is 0.0791. The summed E-state index contributed by atoms with van der Waals surface area (Å²) >= 11 is 0. The molecule has 0 aliphatic carbocycles. The Kier molecular flexibility index (Phi) is 7.26. The highest BCUT2D eigenvalue weighted by molar-refractivity contribution is 5.96. The molecule has 2 aromatic carbocycles. The molecule has 1 fully saturated rings. The third-order valence-electron chi connectivity index (χ3n) is 6.29. The van der Waals surface area contributed by atoms with Crippen LogP contribution in [0.3, 0.4) is 0 Å². The number of hydroxylamine groups is 1. The molecule has 3 N–H and O–H groups in total. The molecule has 1 aromatic heterocycles. The van der Waals surface area contributed by atoms with E-state index in [1.807, 2.05) is 37.3 Å². The van der Waals surface area contributed by atoms with Crippen molar-refractivity contribution in [3.63, 3.8) is 0 Å². The molecule has 0 radical (unpaired) electrons. The largest absolute Gasteiger partial charge is 0.489 e. The van der Waals surface area contributed by atoms with Crippen LogP contribution in [0.15, 0.2) is 54.6 Å². The summed E-state index contributed by atoms with van der Waals surface area (Å²) in [6.07, 6.45) is 0.323. The molecule has 0 saturated carbocycles. The molecule has 1 aliphatic heterocycles. The zero-order valence-electron chi connectivity index (χ0n) is 19.7. The summed E-state index contributed by atoms with van der Waals surface area (Å²) in [6, 6.07) is 16.9. The van der Waals surface area contributed by atoms with E-state index in [0.29, 0.717) is 31.0 Å². The maximum Gasteiger partial charge on any atom is 0.249 e. The number of amides is 3. The van der Waals surface area contributed by atoms with Gasteiger partial charge in [-0.3, -0.25) is 24.6 Å². The summed E-state index contributed by atoms with van der Waals surface area (Å²) in [4.78, 5) is 42.8. The standard InChI is InChI=1S/C26H28N4O5/c1-16-13-18(21-5-3-4-6-24(21)27-16)15-35-20-9-7-19(8-10-20)28-25(32)22-11-12-30(17(2)31)14-23(22)26(33)29-34/h3-10,13,22-23,34H,11-12,14-15H2,1-2H3,(H,28,32)(H,29,33)/t22-,23-/m0/s1. The predicted molar refractivity (Wildman–Crippen MR) is 130 cm³/mol. The van der Waals surface area contributed by atoms with E-state index in [4.69, 9.17) is 9.94 Å². The van der Waals surface area contributed by atoms with Crippen LogP contribution in [-0.2, 0) is 21.0 Å². The van der Waals surface area contributed by atoms with Crippen molar-refractivity contribution in [1.29, 1.82) is 0 Å². The summed E-state index contributed by atoms with van der Waals surface area (Å²) in [5, 5.41) is 13.0. The number of carbonyl (C=O) groups excluding carboxylic acids is 3. The first kappa shape index (κ1) is 24.2. The Balaban J connectivity index is 1.40. The summed E-state index contributed by atoms with van der Waals surface area (Å²) in [5.74, 6) is -2.05. The third kappa shape index (κ3) is 5.58. The molecule has 0 spiro atoms. The van der Waals surface area contributed by atoms with Gasteiger partial charge in [-0.15, -0.1) is 0 Å². The molecule has 1 aliphatic rings. The zero-order valence-corrected chi connectivity index (χ0v) is 19.7. The van der Waals surface area contributed by atoms with E-state index in [-0.39, 0.29) is 18.4 Å². The number of aryl methyl sites for hydroxylation is 1. The average Bonchev–Trinajstić information content (AvgIpc) is 2.87. The van der Waals surface area contributed by atoms with Gasteiger partial charge in [0.15, 0.2) is 0 Å². The Morgan fingerprint density at radius 3 is 2.54 bits per heavy atom. The molecule has 0 unspecified atom stereocenters. The number of anilines is 1. The maximum absolute atomic E-state index is 12.9. The second-order valence-electron chi connectivity index (χ2n) is 8.68. The molecule has 9 nitrogen and oxygen atoms in total. The number of likely N-dealkylation sites (tertiary alicyclic amines) is 1. The summed E-state index contributed by atoms with van der Waals surface area (Å²) in [7, 11) is 0. The number of aromatic nitrogens is 1. The number of piperidine rings is 1. The monoisotopic (exact) mass is 476 g/mol. The second kappa shape index (κ2) is 10.5. The van der Waals surface area contributed by atoms with Crippen molar-refractivity contribution in [3.8, 4) is 5.75 Å². The van der Waals surface area contributed by atoms with Crippen LogP contribution < -0.4 is 15.5 Å². The number of rotatable bonds is 6. The van der Waals surface area contributed by atoms with Crippen LogP contribution in [0.5, 0.6) is 5.75 Å². The molecule has 2 heterocycles. The van der Waals surface area contributed by atoms with E-state index in [2.05, 4.69) is 10.3 Å². The maximum atomic E-state index is 12.9. The first-order valence-corrected chi connectivity index (χ1v) is 11.4. The SMILES string of the molecule is CC(=O)N1CC[C@H](C(=O)Nc2ccc(OCc3cc(C)nc4ccccc34)cc2)[C@@H](C(=O)NO)C1. The summed E-state index contributed by atoms with van der Waals surface area (Å²) in [5.41, 5.74) is 5.05. The van der Waals surface area contributed by atoms with Crippen LogP contribution in [0.2, 0.25) is 0 Å². The normalized spacial score (nSPS) is 17.6. The first-order valence-electron chi connectivity index (χ1n) is 11.4. The van der Waals surface area contributed by atoms with Crippen LogP contribution in [0.25, 0.3) is 10.9 Å². The number of hydrogen-bond acceptors (Lipinski definition) is 6. The van der Waals surface area contributed by atoms with E-state index < -0.39 is 17.7 Å². The van der Waals surface area contributed by atoms with Crippen LogP contribution >= 0.6 is 0 Å². The molecule has 182 valence electrons. The first-order chi connectivity index (χ1) is 16.9. The summed E-state index contributed by atoms with van der Waals surface area (Å²) in [6.45, 7) is 4.19. The van der Waals surface area contributed by atoms with E-state index in [1.54, 1.807) is 29.7 Å². The van der Waals surface area contributed by atoms with Crippen LogP contribution in [0, 0.1) is 18.8 Å². The highest BCUT2D eigenvalue weighted by Crippen LogP contribution is 2.27. The number of nitrogens with one attached hydrogen (secondary N) is 2. The van der Waals surface area contributed by atoms with Gasteiger partial charge in [0.2, 0.25) is 17.7 Å². The Hall–Kier alpha value is -3.98. The number of hydrogen-bond donors (Lipinski definition) is 3. The van der Waals surface area contributed by atoms with Gasteiger partial charge in [0.05, 0.1) is 17.4 Å². The molecule has 0 bridgehead atoms. The van der Waals surface area contributed by atoms with Crippen molar-refractivity contribution in [2.75, 3.05) is 18.4 Å². The molecule has 35 heavy (non-hydrogen) atoms. The minimum Gasteiger partial charge on any atom is -0.489 e. The van der Waals surface area contributed by atoms with Gasteiger partial charge in [0.1, 0.15) is 12.4 Å². The molecule has 4 rings (SSSR count). The van der Waals surface area contributed by atoms with E-state index in [0.717, 1.165) is 22.2 Å². The lowest BCUT2D eigenvalue weighted by Gasteiger charge is -2.36. The van der Waals surface area contributed by atoms with Gasteiger partial charge in [0.25, 0.3) is 0 Å². The number of para-hydroxylation sites is 1. The number of pyridine rings is 1. The number of nitrogens with zero attached hydrogens (tertiary/aromatic N) is 2. The Morgan fingerprint density at radius 2 is 1.83 bits per heavy atom. The van der Waals surface area contributed by atoms with Gasteiger partial charge < -0.3 is 15.0 Å². The van der Waals surface area contributed by atoms with Crippen molar-refractivity contribution in [1.82, 2.24) is 15.4 Å². The van der Waals surface area contributed by atoms with Crippen LogP contribution in [0.1, 0.15) is 24.6 Å². The Labute approximate surface area is 203 Å². The Morgan fingerprint density at radius 1 is 1.09 bits per heavy atom. The number of benzene rings is 2. The number of carbonyl (C=O) groups is 3. The second-order valence-corrected chi connectivity index (χ2v) is 8.68. The van der Waals surface area contributed by atoms with E-state index >= 15 is 0 Å². The lowest BCUT2D eigenvalue weighted by Crippen LogP contribution is -2.51. The van der Waals surface area contributed by atoms with Gasteiger partial charge in [-0.1, -0.05) is 18.2 Å². The quantitative estimate of drug-likeness (QED) is 0.371. The Bertz CT molecular complexity index is 1240. The molecule has 1 saturated heterocycles. The van der Waals surface area contributed by atoms with E-state index in [1.165, 1.54) is 11.8 Å². The molecular formula is C26H28N4O5. The fourth-order valence-electron chi connectivity index (χ4n) is 4.45. The molecule has 2 atom stereocenters. The fraction of sp³-hybridized carbons (Fsp3) is 0.308. The van der Waals surface area contributed by atoms with Crippen molar-refractivity contribution in [2.24, 2.45) is 11.8 Å². The number of fused-ring (bicyclic) bond motifs is 1. The predicted octanol–water partition coefficient (Wildman–Crippen LogP) is 3.05. The van der Waals surface area contributed by atoms with Crippen LogP contribution in [-0.4, -0.2) is 45.9 Å². The van der Waals surface area contributed by atoms with Crippen molar-refractivity contribution >= 4 is 34.3 Å². The van der Waals surface area contributed by atoms with Gasteiger partial charge >= 0.3 is 0 Å². The van der Waals surface area contributed by atoms with Gasteiger partial charge in [-0.05, 0) is 49.7 Å². The third-order valence-corrected chi connectivity index (χ3v) is 6.29. The topological polar surface area (TPSA) is 121 Å². The minimum atomic E-state index is -0.834.